The van der Waals surface area contributed by atoms with Crippen LogP contribution in [0.1, 0.15) is 12.8 Å². The minimum Gasteiger partial charge on any atom is -0.483 e. The van der Waals surface area contributed by atoms with Crippen LogP contribution in [-0.4, -0.2) is 19.2 Å². The number of nitrogens with zero attached hydrogens (tertiary/aromatic N) is 2. The van der Waals surface area contributed by atoms with E-state index >= 15 is 0 Å². The van der Waals surface area contributed by atoms with E-state index < -0.39 is 0 Å². The van der Waals surface area contributed by atoms with Crippen molar-refractivity contribution in [2.75, 3.05) is 7.11 Å². The highest BCUT2D eigenvalue weighted by atomic mass is 16.5. The molecular weight excluding hydrogens is 104 g/mol. The molecule has 0 fully saturated rings. The van der Waals surface area contributed by atoms with Crippen molar-refractivity contribution in [2.24, 2.45) is 10.2 Å². The summed E-state index contributed by atoms with van der Waals surface area (Å²) >= 11 is 0. The number of rotatable bonds is 0. The third-order valence-electron chi connectivity index (χ3n) is 0.974. The summed E-state index contributed by atoms with van der Waals surface area (Å²) in [4.78, 5) is 0. The summed E-state index contributed by atoms with van der Waals surface area (Å²) in [5.41, 5.74) is 0. The first-order valence-corrected chi connectivity index (χ1v) is 2.56. The van der Waals surface area contributed by atoms with E-state index in [0.717, 1.165) is 18.7 Å². The third-order valence-corrected chi connectivity index (χ3v) is 0.974. The van der Waals surface area contributed by atoms with Crippen LogP contribution in [0, 0.1) is 0 Å². The van der Waals surface area contributed by atoms with Gasteiger partial charge < -0.3 is 4.74 Å². The van der Waals surface area contributed by atoms with E-state index in [4.69, 9.17) is 4.74 Å². The maximum atomic E-state index is 4.83. The molecule has 0 spiro atoms. The van der Waals surface area contributed by atoms with Gasteiger partial charge in [0.25, 0.3) is 0 Å². The van der Waals surface area contributed by atoms with Crippen LogP contribution >= 0.6 is 0 Å². The predicted molar refractivity (Wildman–Crippen MR) is 32.2 cm³/mol. The minimum absolute atomic E-state index is 0.729. The smallest absolute Gasteiger partial charge is 0.208 e. The molecule has 1 aliphatic heterocycles. The van der Waals surface area contributed by atoms with Crippen LogP contribution in [0.5, 0.6) is 0 Å². The molecular formula is C5H8N2O. The SMILES string of the molecule is COC1=NN=CCC1. The van der Waals surface area contributed by atoms with Crippen molar-refractivity contribution in [3.8, 4) is 0 Å². The first kappa shape index (κ1) is 5.28. The molecule has 0 radical (unpaired) electrons. The highest BCUT2D eigenvalue weighted by Crippen LogP contribution is 1.97. The Morgan fingerprint density at radius 1 is 1.75 bits per heavy atom. The number of ether oxygens (including phenoxy) is 1. The Balaban J connectivity index is 2.50. The summed E-state index contributed by atoms with van der Waals surface area (Å²) in [6, 6.07) is 0. The Hall–Kier alpha value is -0.860. The zero-order valence-electron chi connectivity index (χ0n) is 4.79. The van der Waals surface area contributed by atoms with Crippen LogP contribution in [0.15, 0.2) is 10.2 Å². The summed E-state index contributed by atoms with van der Waals surface area (Å²) in [7, 11) is 1.61. The fourth-order valence-corrected chi connectivity index (χ4v) is 0.544. The van der Waals surface area contributed by atoms with Crippen LogP contribution in [0.3, 0.4) is 0 Å². The van der Waals surface area contributed by atoms with Crippen molar-refractivity contribution in [1.82, 2.24) is 0 Å². The van der Waals surface area contributed by atoms with Gasteiger partial charge in [-0.1, -0.05) is 0 Å². The number of hydrogen-bond donors (Lipinski definition) is 0. The third kappa shape index (κ3) is 1.05. The molecule has 0 N–H and O–H groups in total. The first-order valence-electron chi connectivity index (χ1n) is 2.56. The van der Waals surface area contributed by atoms with Gasteiger partial charge in [-0.3, -0.25) is 0 Å². The predicted octanol–water partition coefficient (Wildman–Crippen LogP) is 0.811. The Bertz CT molecular complexity index is 128. The molecule has 0 aromatic rings. The summed E-state index contributed by atoms with van der Waals surface area (Å²) in [6.45, 7) is 0. The second kappa shape index (κ2) is 2.45. The lowest BCUT2D eigenvalue weighted by Crippen LogP contribution is -2.03. The van der Waals surface area contributed by atoms with Crippen molar-refractivity contribution in [3.05, 3.63) is 0 Å². The van der Waals surface area contributed by atoms with Gasteiger partial charge in [0.2, 0.25) is 5.90 Å². The average Bonchev–Trinajstić information content (AvgIpc) is 1.90. The molecule has 1 rings (SSSR count). The summed E-state index contributed by atoms with van der Waals surface area (Å²) in [6.07, 6.45) is 3.62. The molecule has 0 saturated heterocycles. The van der Waals surface area contributed by atoms with E-state index in [1.54, 1.807) is 13.3 Å². The zero-order chi connectivity index (χ0) is 5.82. The van der Waals surface area contributed by atoms with Crippen molar-refractivity contribution in [2.45, 2.75) is 12.8 Å². The van der Waals surface area contributed by atoms with Gasteiger partial charge >= 0.3 is 0 Å². The van der Waals surface area contributed by atoms with E-state index in [0.29, 0.717) is 0 Å². The molecule has 1 aliphatic rings. The molecule has 0 unspecified atom stereocenters. The normalized spacial score (nSPS) is 17.9. The van der Waals surface area contributed by atoms with E-state index in [1.807, 2.05) is 0 Å². The summed E-state index contributed by atoms with van der Waals surface area (Å²) in [5, 5.41) is 7.38. The first-order chi connectivity index (χ1) is 3.93. The maximum Gasteiger partial charge on any atom is 0.208 e. The van der Waals surface area contributed by atoms with Crippen LogP contribution in [-0.2, 0) is 4.74 Å². The summed E-state index contributed by atoms with van der Waals surface area (Å²) < 4.78 is 4.83. The second-order valence-electron chi connectivity index (χ2n) is 1.53. The monoisotopic (exact) mass is 112 g/mol. The molecule has 0 aliphatic carbocycles. The fourth-order valence-electron chi connectivity index (χ4n) is 0.544. The van der Waals surface area contributed by atoms with Crippen LogP contribution in [0.25, 0.3) is 0 Å². The van der Waals surface area contributed by atoms with Gasteiger partial charge in [0.05, 0.1) is 7.11 Å². The average molecular weight is 112 g/mol. The molecule has 0 atom stereocenters. The number of hydrogen-bond acceptors (Lipinski definition) is 3. The van der Waals surface area contributed by atoms with Crippen molar-refractivity contribution < 1.29 is 4.74 Å². The standard InChI is InChI=1S/C5H8N2O/c1-8-5-3-2-4-6-7-5/h4H,2-3H2,1H3. The molecule has 0 bridgehead atoms. The Morgan fingerprint density at radius 3 is 3.00 bits per heavy atom. The second-order valence-corrected chi connectivity index (χ2v) is 1.53. The summed E-state index contributed by atoms with van der Waals surface area (Å²) in [5.74, 6) is 0.729. The van der Waals surface area contributed by atoms with Gasteiger partial charge in [0, 0.05) is 12.6 Å². The van der Waals surface area contributed by atoms with Gasteiger partial charge in [-0.25, -0.2) is 0 Å². The van der Waals surface area contributed by atoms with Crippen LogP contribution in [0.2, 0.25) is 0 Å². The molecule has 0 saturated carbocycles. The van der Waals surface area contributed by atoms with Gasteiger partial charge in [-0.15, -0.1) is 5.10 Å². The van der Waals surface area contributed by atoms with Crippen molar-refractivity contribution in [1.29, 1.82) is 0 Å². The van der Waals surface area contributed by atoms with E-state index in [2.05, 4.69) is 10.2 Å². The van der Waals surface area contributed by atoms with Crippen LogP contribution < -0.4 is 0 Å². The van der Waals surface area contributed by atoms with Crippen molar-refractivity contribution >= 4 is 12.1 Å². The maximum absolute atomic E-state index is 4.83. The quantitative estimate of drug-likeness (QED) is 0.456. The van der Waals surface area contributed by atoms with Gasteiger partial charge in [-0.2, -0.15) is 5.10 Å². The largest absolute Gasteiger partial charge is 0.483 e. The van der Waals surface area contributed by atoms with Crippen molar-refractivity contribution in [3.63, 3.8) is 0 Å². The highest BCUT2D eigenvalue weighted by Gasteiger charge is 1.98. The molecule has 1 heterocycles. The Morgan fingerprint density at radius 2 is 2.62 bits per heavy atom. The Kier molecular flexibility index (Phi) is 1.62. The molecule has 3 heteroatoms. The molecule has 3 nitrogen and oxygen atoms in total. The van der Waals surface area contributed by atoms with Gasteiger partial charge in [0.15, 0.2) is 0 Å². The highest BCUT2D eigenvalue weighted by molar-refractivity contribution is 5.81. The van der Waals surface area contributed by atoms with Gasteiger partial charge in [0.1, 0.15) is 0 Å². The van der Waals surface area contributed by atoms with Crippen LogP contribution in [0.4, 0.5) is 0 Å². The Labute approximate surface area is 48.1 Å². The van der Waals surface area contributed by atoms with E-state index in [1.165, 1.54) is 0 Å². The zero-order valence-corrected chi connectivity index (χ0v) is 4.79. The topological polar surface area (TPSA) is 34.0 Å². The van der Waals surface area contributed by atoms with Gasteiger partial charge in [-0.05, 0) is 6.42 Å². The van der Waals surface area contributed by atoms with E-state index in [9.17, 15) is 0 Å². The number of methoxy groups -OCH3 is 1. The lowest BCUT2D eigenvalue weighted by Gasteiger charge is -2.02. The fraction of sp³-hybridized carbons (Fsp3) is 0.600. The molecule has 0 amide bonds. The molecule has 0 aromatic heterocycles. The lowest BCUT2D eigenvalue weighted by molar-refractivity contribution is 0.388. The molecule has 44 valence electrons. The molecule has 0 aromatic carbocycles. The van der Waals surface area contributed by atoms with E-state index in [-0.39, 0.29) is 0 Å². The lowest BCUT2D eigenvalue weighted by atomic mass is 10.3. The molecule has 8 heavy (non-hydrogen) atoms. The minimum atomic E-state index is 0.729.